The molecular formula is C16H17F2NO2. The molecule has 0 aliphatic carbocycles. The highest BCUT2D eigenvalue weighted by atomic mass is 19.1. The van der Waals surface area contributed by atoms with Crippen LogP contribution in [0.25, 0.3) is 0 Å². The summed E-state index contributed by atoms with van der Waals surface area (Å²) in [5.41, 5.74) is 1.34. The Bertz CT molecular complexity index is 611. The van der Waals surface area contributed by atoms with E-state index in [0.29, 0.717) is 0 Å². The first-order valence-electron chi connectivity index (χ1n) is 6.53. The minimum atomic E-state index is -1.27. The molecule has 1 unspecified atom stereocenters. The van der Waals surface area contributed by atoms with E-state index in [1.807, 2.05) is 13.0 Å². The lowest BCUT2D eigenvalue weighted by molar-refractivity contribution is 0.181. The summed E-state index contributed by atoms with van der Waals surface area (Å²) in [5.74, 6) is -0.758. The summed E-state index contributed by atoms with van der Waals surface area (Å²) in [6.45, 7) is 1.89. The van der Waals surface area contributed by atoms with Crippen molar-refractivity contribution < 1.29 is 18.6 Å². The summed E-state index contributed by atoms with van der Waals surface area (Å²) in [7, 11) is 1.58. The highest BCUT2D eigenvalue weighted by molar-refractivity contribution is 5.51. The quantitative estimate of drug-likeness (QED) is 0.887. The van der Waals surface area contributed by atoms with Crippen molar-refractivity contribution in [3.63, 3.8) is 0 Å². The first-order chi connectivity index (χ1) is 10.0. The molecule has 112 valence electrons. The van der Waals surface area contributed by atoms with E-state index in [1.165, 1.54) is 6.07 Å². The molecule has 2 N–H and O–H groups in total. The monoisotopic (exact) mass is 293 g/mol. The Hall–Kier alpha value is -2.14. The van der Waals surface area contributed by atoms with E-state index < -0.39 is 17.7 Å². The Balaban J connectivity index is 2.07. The van der Waals surface area contributed by atoms with E-state index >= 15 is 0 Å². The maximum Gasteiger partial charge on any atom is 0.132 e. The molecular weight excluding hydrogens is 276 g/mol. The van der Waals surface area contributed by atoms with Gasteiger partial charge in [0, 0.05) is 12.2 Å². The van der Waals surface area contributed by atoms with Gasteiger partial charge in [-0.1, -0.05) is 6.07 Å². The fourth-order valence-corrected chi connectivity index (χ4v) is 2.13. The number of hydrogen-bond acceptors (Lipinski definition) is 3. The van der Waals surface area contributed by atoms with Gasteiger partial charge in [0.1, 0.15) is 23.5 Å². The zero-order valence-electron chi connectivity index (χ0n) is 11.9. The second-order valence-electron chi connectivity index (χ2n) is 4.72. The van der Waals surface area contributed by atoms with Crippen molar-refractivity contribution in [2.24, 2.45) is 0 Å². The molecule has 0 bridgehead atoms. The molecule has 0 fully saturated rings. The lowest BCUT2D eigenvalue weighted by Gasteiger charge is -2.15. The van der Waals surface area contributed by atoms with Gasteiger partial charge in [-0.25, -0.2) is 8.78 Å². The molecule has 2 aromatic carbocycles. The zero-order valence-corrected chi connectivity index (χ0v) is 11.9. The minimum absolute atomic E-state index is 0.00359. The third kappa shape index (κ3) is 3.49. The highest BCUT2D eigenvalue weighted by Gasteiger charge is 2.17. The summed E-state index contributed by atoms with van der Waals surface area (Å²) < 4.78 is 32.2. The van der Waals surface area contributed by atoms with Crippen LogP contribution in [-0.2, 0) is 0 Å². The Morgan fingerprint density at radius 2 is 1.86 bits per heavy atom. The summed E-state index contributed by atoms with van der Waals surface area (Å²) in [6, 6.07) is 8.91. The van der Waals surface area contributed by atoms with E-state index in [1.54, 1.807) is 19.2 Å². The number of hydrogen-bond donors (Lipinski definition) is 2. The average molecular weight is 293 g/mol. The van der Waals surface area contributed by atoms with Crippen LogP contribution in [0.2, 0.25) is 0 Å². The van der Waals surface area contributed by atoms with Crippen molar-refractivity contribution in [3.05, 3.63) is 59.2 Å². The molecule has 0 amide bonds. The highest BCUT2D eigenvalue weighted by Crippen LogP contribution is 2.24. The number of benzene rings is 2. The van der Waals surface area contributed by atoms with Crippen LogP contribution < -0.4 is 10.1 Å². The van der Waals surface area contributed by atoms with Crippen LogP contribution >= 0.6 is 0 Å². The van der Waals surface area contributed by atoms with E-state index in [0.717, 1.165) is 29.1 Å². The van der Waals surface area contributed by atoms with Crippen molar-refractivity contribution in [2.75, 3.05) is 19.0 Å². The average Bonchev–Trinajstić information content (AvgIpc) is 2.45. The van der Waals surface area contributed by atoms with Crippen molar-refractivity contribution in [3.8, 4) is 5.75 Å². The molecule has 0 aromatic heterocycles. The second-order valence-corrected chi connectivity index (χ2v) is 4.72. The van der Waals surface area contributed by atoms with E-state index in [4.69, 9.17) is 4.74 Å². The molecule has 0 saturated carbocycles. The number of methoxy groups -OCH3 is 1. The Kier molecular flexibility index (Phi) is 4.75. The van der Waals surface area contributed by atoms with Crippen LogP contribution in [0, 0.1) is 18.6 Å². The van der Waals surface area contributed by atoms with Gasteiger partial charge in [0.25, 0.3) is 0 Å². The Labute approximate surface area is 122 Å². The summed E-state index contributed by atoms with van der Waals surface area (Å²) in [5, 5.41) is 12.9. The number of aryl methyl sites for hydroxylation is 1. The maximum atomic E-state index is 13.5. The molecule has 0 aliphatic heterocycles. The Morgan fingerprint density at radius 3 is 2.43 bits per heavy atom. The smallest absolute Gasteiger partial charge is 0.132 e. The fraction of sp³-hybridized carbons (Fsp3) is 0.250. The largest absolute Gasteiger partial charge is 0.496 e. The molecule has 1 atom stereocenters. The number of anilines is 1. The predicted octanol–water partition coefficient (Wildman–Crippen LogP) is 3.43. The first-order valence-corrected chi connectivity index (χ1v) is 6.53. The molecule has 21 heavy (non-hydrogen) atoms. The number of halogens is 2. The van der Waals surface area contributed by atoms with Gasteiger partial charge in [0.2, 0.25) is 0 Å². The van der Waals surface area contributed by atoms with Crippen LogP contribution in [0.1, 0.15) is 17.2 Å². The van der Waals surface area contributed by atoms with Crippen LogP contribution in [0.3, 0.4) is 0 Å². The molecule has 2 rings (SSSR count). The topological polar surface area (TPSA) is 41.5 Å². The molecule has 0 saturated heterocycles. The van der Waals surface area contributed by atoms with E-state index in [2.05, 4.69) is 5.32 Å². The zero-order chi connectivity index (χ0) is 15.4. The van der Waals surface area contributed by atoms with Gasteiger partial charge in [-0.3, -0.25) is 0 Å². The van der Waals surface area contributed by atoms with Gasteiger partial charge < -0.3 is 15.2 Å². The van der Waals surface area contributed by atoms with Gasteiger partial charge in [0.15, 0.2) is 0 Å². The standard InChI is InChI=1S/C16H17F2NO2/c1-10-8-11(6-7-15(10)21-2)19-9-14(20)16-12(17)4-3-5-13(16)18/h3-8,14,19-20H,9H2,1-2H3. The van der Waals surface area contributed by atoms with Crippen LogP contribution in [0.4, 0.5) is 14.5 Å². The maximum absolute atomic E-state index is 13.5. The van der Waals surface area contributed by atoms with Crippen LogP contribution in [0.5, 0.6) is 5.75 Å². The summed E-state index contributed by atoms with van der Waals surface area (Å²) in [6.07, 6.45) is -1.27. The van der Waals surface area contributed by atoms with Gasteiger partial charge >= 0.3 is 0 Å². The van der Waals surface area contributed by atoms with Crippen molar-refractivity contribution in [2.45, 2.75) is 13.0 Å². The van der Waals surface area contributed by atoms with Gasteiger partial charge in [-0.15, -0.1) is 0 Å². The van der Waals surface area contributed by atoms with Crippen molar-refractivity contribution in [1.29, 1.82) is 0 Å². The molecule has 0 aliphatic rings. The summed E-state index contributed by atoms with van der Waals surface area (Å²) in [4.78, 5) is 0. The number of aliphatic hydroxyl groups excluding tert-OH is 1. The van der Waals surface area contributed by atoms with Gasteiger partial charge in [-0.05, 0) is 42.8 Å². The lowest BCUT2D eigenvalue weighted by Crippen LogP contribution is -2.15. The third-order valence-electron chi connectivity index (χ3n) is 3.23. The molecule has 3 nitrogen and oxygen atoms in total. The molecule has 5 heteroatoms. The fourth-order valence-electron chi connectivity index (χ4n) is 2.13. The number of ether oxygens (including phenoxy) is 1. The normalized spacial score (nSPS) is 12.0. The van der Waals surface area contributed by atoms with Gasteiger partial charge in [0.05, 0.1) is 12.7 Å². The van der Waals surface area contributed by atoms with Gasteiger partial charge in [-0.2, -0.15) is 0 Å². The third-order valence-corrected chi connectivity index (χ3v) is 3.23. The predicted molar refractivity (Wildman–Crippen MR) is 77.5 cm³/mol. The SMILES string of the molecule is COc1ccc(NCC(O)c2c(F)cccc2F)cc1C. The molecule has 0 heterocycles. The Morgan fingerprint density at radius 1 is 1.19 bits per heavy atom. The summed E-state index contributed by atoms with van der Waals surface area (Å²) >= 11 is 0. The van der Waals surface area contributed by atoms with Crippen LogP contribution in [0.15, 0.2) is 36.4 Å². The minimum Gasteiger partial charge on any atom is -0.496 e. The first kappa shape index (κ1) is 15.3. The van der Waals surface area contributed by atoms with Crippen LogP contribution in [-0.4, -0.2) is 18.8 Å². The number of nitrogens with one attached hydrogen (secondary N) is 1. The van der Waals surface area contributed by atoms with Crippen molar-refractivity contribution >= 4 is 5.69 Å². The van der Waals surface area contributed by atoms with E-state index in [9.17, 15) is 13.9 Å². The molecule has 2 aromatic rings. The molecule has 0 spiro atoms. The van der Waals surface area contributed by atoms with E-state index in [-0.39, 0.29) is 12.1 Å². The lowest BCUT2D eigenvalue weighted by atomic mass is 10.1. The number of rotatable bonds is 5. The molecule has 0 radical (unpaired) electrons. The second kappa shape index (κ2) is 6.54. The number of aliphatic hydroxyl groups is 1. The van der Waals surface area contributed by atoms with Crippen molar-refractivity contribution in [1.82, 2.24) is 0 Å².